The van der Waals surface area contributed by atoms with Crippen LogP contribution in [0.1, 0.15) is 11.1 Å². The number of benzene rings is 1. The topological polar surface area (TPSA) is 17.8 Å². The summed E-state index contributed by atoms with van der Waals surface area (Å²) < 4.78 is 1.88. The third kappa shape index (κ3) is 1.73. The molecule has 1 aromatic carbocycles. The summed E-state index contributed by atoms with van der Waals surface area (Å²) in [6, 6.07) is 8.30. The summed E-state index contributed by atoms with van der Waals surface area (Å²) in [5, 5.41) is 5.07. The van der Waals surface area contributed by atoms with E-state index in [1.165, 1.54) is 11.1 Å². The average molecular weight is 251 g/mol. The van der Waals surface area contributed by atoms with Gasteiger partial charge in [0.2, 0.25) is 0 Å². The number of aryl methyl sites for hydroxylation is 1. The Morgan fingerprint density at radius 1 is 1.43 bits per heavy atom. The molecule has 0 fully saturated rings. The maximum atomic E-state index is 4.22. The lowest BCUT2D eigenvalue weighted by molar-refractivity contribution is 0.871. The van der Waals surface area contributed by atoms with Crippen molar-refractivity contribution < 1.29 is 0 Å². The van der Waals surface area contributed by atoms with Gasteiger partial charge < -0.3 is 0 Å². The molecule has 0 saturated heterocycles. The van der Waals surface area contributed by atoms with Gasteiger partial charge in [-0.1, -0.05) is 33.6 Å². The van der Waals surface area contributed by atoms with Crippen LogP contribution in [0.15, 0.2) is 36.7 Å². The molecule has 3 heteroatoms. The summed E-state index contributed by atoms with van der Waals surface area (Å²) in [7, 11) is 0. The summed E-state index contributed by atoms with van der Waals surface area (Å²) in [4.78, 5) is 0. The first-order valence-electron chi connectivity index (χ1n) is 4.47. The van der Waals surface area contributed by atoms with Crippen LogP contribution >= 0.6 is 15.9 Å². The SMILES string of the molecule is Cc1ccc(-n2cccn2)c(CBr)c1. The third-order valence-corrected chi connectivity index (χ3v) is 2.73. The molecule has 0 amide bonds. The molecule has 0 spiro atoms. The quantitative estimate of drug-likeness (QED) is 0.750. The fourth-order valence-corrected chi connectivity index (χ4v) is 1.91. The Morgan fingerprint density at radius 3 is 2.93 bits per heavy atom. The Hall–Kier alpha value is -1.09. The van der Waals surface area contributed by atoms with E-state index in [0.717, 1.165) is 11.0 Å². The minimum atomic E-state index is 0.851. The minimum absolute atomic E-state index is 0.851. The van der Waals surface area contributed by atoms with Crippen molar-refractivity contribution in [2.75, 3.05) is 0 Å². The van der Waals surface area contributed by atoms with Crippen LogP contribution in [0.25, 0.3) is 5.69 Å². The van der Waals surface area contributed by atoms with Crippen LogP contribution in [-0.4, -0.2) is 9.78 Å². The molecule has 72 valence electrons. The normalized spacial score (nSPS) is 10.4. The highest BCUT2D eigenvalue weighted by molar-refractivity contribution is 9.08. The lowest BCUT2D eigenvalue weighted by atomic mass is 10.1. The fourth-order valence-electron chi connectivity index (χ4n) is 1.46. The van der Waals surface area contributed by atoms with Crippen molar-refractivity contribution in [1.82, 2.24) is 9.78 Å². The van der Waals surface area contributed by atoms with E-state index < -0.39 is 0 Å². The predicted molar refractivity (Wildman–Crippen MR) is 60.9 cm³/mol. The Bertz CT molecular complexity index is 421. The predicted octanol–water partition coefficient (Wildman–Crippen LogP) is 3.08. The lowest BCUT2D eigenvalue weighted by Crippen LogP contribution is -1.98. The Labute approximate surface area is 91.7 Å². The first kappa shape index (κ1) is 9.46. The molecule has 2 aromatic rings. The number of nitrogens with zero attached hydrogens (tertiary/aromatic N) is 2. The second kappa shape index (κ2) is 3.96. The fraction of sp³-hybridized carbons (Fsp3) is 0.182. The van der Waals surface area contributed by atoms with Crippen molar-refractivity contribution in [1.29, 1.82) is 0 Å². The van der Waals surface area contributed by atoms with Gasteiger partial charge in [0.15, 0.2) is 0 Å². The van der Waals surface area contributed by atoms with E-state index >= 15 is 0 Å². The first-order valence-corrected chi connectivity index (χ1v) is 5.59. The van der Waals surface area contributed by atoms with E-state index in [-0.39, 0.29) is 0 Å². The molecule has 0 radical (unpaired) electrons. The van der Waals surface area contributed by atoms with E-state index in [2.05, 4.69) is 46.2 Å². The molecular formula is C11H11BrN2. The highest BCUT2D eigenvalue weighted by Crippen LogP contribution is 2.18. The Morgan fingerprint density at radius 2 is 2.29 bits per heavy atom. The van der Waals surface area contributed by atoms with Gasteiger partial charge >= 0.3 is 0 Å². The molecule has 14 heavy (non-hydrogen) atoms. The van der Waals surface area contributed by atoms with Gasteiger partial charge in [-0.25, -0.2) is 4.68 Å². The molecule has 0 atom stereocenters. The van der Waals surface area contributed by atoms with Crippen LogP contribution < -0.4 is 0 Å². The molecule has 0 aliphatic rings. The van der Waals surface area contributed by atoms with E-state index in [4.69, 9.17) is 0 Å². The van der Waals surface area contributed by atoms with Crippen LogP contribution in [0.4, 0.5) is 0 Å². The Balaban J connectivity index is 2.53. The zero-order valence-electron chi connectivity index (χ0n) is 7.94. The summed E-state index contributed by atoms with van der Waals surface area (Å²) in [6.07, 6.45) is 3.74. The van der Waals surface area contributed by atoms with E-state index in [9.17, 15) is 0 Å². The molecule has 0 bridgehead atoms. The standard InChI is InChI=1S/C11H11BrN2/c1-9-3-4-11(10(7-9)8-12)14-6-2-5-13-14/h2-7H,8H2,1H3. The third-order valence-electron chi connectivity index (χ3n) is 2.13. The van der Waals surface area contributed by atoms with Gasteiger partial charge in [0.1, 0.15) is 0 Å². The zero-order chi connectivity index (χ0) is 9.97. The molecule has 0 saturated carbocycles. The number of hydrogen-bond acceptors (Lipinski definition) is 1. The van der Waals surface area contributed by atoms with Crippen molar-refractivity contribution in [3.8, 4) is 5.69 Å². The van der Waals surface area contributed by atoms with Crippen molar-refractivity contribution in [2.24, 2.45) is 0 Å². The number of alkyl halides is 1. The molecule has 0 aliphatic heterocycles. The smallest absolute Gasteiger partial charge is 0.0686 e. The number of halogens is 1. The molecule has 2 nitrogen and oxygen atoms in total. The molecule has 0 aliphatic carbocycles. The highest BCUT2D eigenvalue weighted by atomic mass is 79.9. The maximum absolute atomic E-state index is 4.22. The van der Waals surface area contributed by atoms with Crippen molar-refractivity contribution >= 4 is 15.9 Å². The summed E-state index contributed by atoms with van der Waals surface area (Å²) in [6.45, 7) is 2.10. The van der Waals surface area contributed by atoms with Gasteiger partial charge in [0.05, 0.1) is 5.69 Å². The molecule has 2 rings (SSSR count). The summed E-state index contributed by atoms with van der Waals surface area (Å²) in [5.41, 5.74) is 3.67. The van der Waals surface area contributed by atoms with Crippen LogP contribution in [0.3, 0.4) is 0 Å². The number of rotatable bonds is 2. The number of aromatic nitrogens is 2. The van der Waals surface area contributed by atoms with Gasteiger partial charge in [-0.3, -0.25) is 0 Å². The van der Waals surface area contributed by atoms with Crippen LogP contribution in [-0.2, 0) is 5.33 Å². The number of hydrogen-bond donors (Lipinski definition) is 0. The van der Waals surface area contributed by atoms with Gasteiger partial charge in [0, 0.05) is 17.7 Å². The monoisotopic (exact) mass is 250 g/mol. The zero-order valence-corrected chi connectivity index (χ0v) is 9.53. The second-order valence-corrected chi connectivity index (χ2v) is 3.78. The molecule has 1 heterocycles. The van der Waals surface area contributed by atoms with Crippen LogP contribution in [0.5, 0.6) is 0 Å². The summed E-state index contributed by atoms with van der Waals surface area (Å²) in [5.74, 6) is 0. The van der Waals surface area contributed by atoms with Crippen molar-refractivity contribution in [3.63, 3.8) is 0 Å². The van der Waals surface area contributed by atoms with Crippen LogP contribution in [0.2, 0.25) is 0 Å². The first-order chi connectivity index (χ1) is 6.81. The molecule has 1 aromatic heterocycles. The lowest BCUT2D eigenvalue weighted by Gasteiger charge is -2.07. The van der Waals surface area contributed by atoms with E-state index in [0.29, 0.717) is 0 Å². The van der Waals surface area contributed by atoms with E-state index in [1.807, 2.05) is 16.9 Å². The maximum Gasteiger partial charge on any atom is 0.0686 e. The Kier molecular flexibility index (Phi) is 2.68. The molecular weight excluding hydrogens is 240 g/mol. The van der Waals surface area contributed by atoms with E-state index in [1.54, 1.807) is 6.20 Å². The molecule has 0 unspecified atom stereocenters. The van der Waals surface area contributed by atoms with Gasteiger partial charge in [-0.15, -0.1) is 0 Å². The average Bonchev–Trinajstić information content (AvgIpc) is 2.70. The largest absolute Gasteiger partial charge is 0.241 e. The molecule has 0 N–H and O–H groups in total. The minimum Gasteiger partial charge on any atom is -0.241 e. The summed E-state index contributed by atoms with van der Waals surface area (Å²) >= 11 is 3.49. The van der Waals surface area contributed by atoms with Gasteiger partial charge in [-0.05, 0) is 24.6 Å². The second-order valence-electron chi connectivity index (χ2n) is 3.22. The van der Waals surface area contributed by atoms with Gasteiger partial charge in [-0.2, -0.15) is 5.10 Å². The van der Waals surface area contributed by atoms with Crippen molar-refractivity contribution in [3.05, 3.63) is 47.8 Å². The highest BCUT2D eigenvalue weighted by Gasteiger charge is 2.03. The van der Waals surface area contributed by atoms with Gasteiger partial charge in [0.25, 0.3) is 0 Å². The van der Waals surface area contributed by atoms with Crippen molar-refractivity contribution in [2.45, 2.75) is 12.3 Å². The van der Waals surface area contributed by atoms with Crippen LogP contribution in [0, 0.1) is 6.92 Å².